The zero-order chi connectivity index (χ0) is 12.7. The number of hydrogen-bond donors (Lipinski definition) is 0. The van der Waals surface area contributed by atoms with Crippen molar-refractivity contribution in [2.24, 2.45) is 9.52 Å². The van der Waals surface area contributed by atoms with Gasteiger partial charge >= 0.3 is 0 Å². The molecule has 0 amide bonds. The molecule has 1 aromatic rings. The Balaban J connectivity index is 2.86. The van der Waals surface area contributed by atoms with Crippen molar-refractivity contribution in [3.8, 4) is 0 Å². The SMILES string of the molecule is CCC(C)=NOCc1c(C)cccc1N=S=O. The Labute approximate surface area is 105 Å². The van der Waals surface area contributed by atoms with Gasteiger partial charge in [-0.05, 0) is 31.9 Å². The smallest absolute Gasteiger partial charge is 0.205 e. The summed E-state index contributed by atoms with van der Waals surface area (Å²) in [7, 11) is 0. The van der Waals surface area contributed by atoms with Crippen LogP contribution in [0.15, 0.2) is 27.7 Å². The van der Waals surface area contributed by atoms with Crippen LogP contribution in [0, 0.1) is 6.92 Å². The van der Waals surface area contributed by atoms with Crippen molar-refractivity contribution in [3.63, 3.8) is 0 Å². The van der Waals surface area contributed by atoms with E-state index in [0.29, 0.717) is 12.3 Å². The molecule has 0 saturated heterocycles. The quantitative estimate of drug-likeness (QED) is 0.596. The maximum absolute atomic E-state index is 10.5. The molecule has 0 aliphatic carbocycles. The average molecular weight is 252 g/mol. The number of hydrogen-bond acceptors (Lipinski definition) is 4. The summed E-state index contributed by atoms with van der Waals surface area (Å²) in [5.41, 5.74) is 3.55. The van der Waals surface area contributed by atoms with Gasteiger partial charge in [0.25, 0.3) is 0 Å². The Kier molecular flexibility index (Phi) is 5.56. The normalized spacial score (nSPS) is 11.1. The third kappa shape index (κ3) is 4.11. The van der Waals surface area contributed by atoms with Crippen LogP contribution >= 0.6 is 0 Å². The van der Waals surface area contributed by atoms with Crippen LogP contribution in [0.2, 0.25) is 0 Å². The van der Waals surface area contributed by atoms with Gasteiger partial charge in [-0.1, -0.05) is 24.2 Å². The molecule has 0 heterocycles. The molecule has 92 valence electrons. The highest BCUT2D eigenvalue weighted by Crippen LogP contribution is 2.23. The lowest BCUT2D eigenvalue weighted by Crippen LogP contribution is -1.95. The van der Waals surface area contributed by atoms with Gasteiger partial charge in [0.05, 0.1) is 11.4 Å². The predicted octanol–water partition coefficient (Wildman–Crippen LogP) is 3.33. The molecule has 0 N–H and O–H groups in total. The van der Waals surface area contributed by atoms with Crippen LogP contribution in [-0.2, 0) is 22.9 Å². The molecule has 1 aromatic carbocycles. The highest BCUT2D eigenvalue weighted by atomic mass is 32.1. The molecule has 0 aliphatic heterocycles. The summed E-state index contributed by atoms with van der Waals surface area (Å²) in [5.74, 6) is 0. The molecule has 17 heavy (non-hydrogen) atoms. The summed E-state index contributed by atoms with van der Waals surface area (Å²) in [4.78, 5) is 5.26. The fraction of sp³-hybridized carbons (Fsp3) is 0.417. The molecular formula is C12H16N2O2S. The van der Waals surface area contributed by atoms with E-state index in [0.717, 1.165) is 23.3 Å². The van der Waals surface area contributed by atoms with Gasteiger partial charge in [0, 0.05) is 5.56 Å². The van der Waals surface area contributed by atoms with Gasteiger partial charge in [-0.25, -0.2) is 0 Å². The standard InChI is InChI=1S/C12H16N2O2S/c1-4-10(3)13-16-8-11-9(2)6-5-7-12(11)14-17-15/h5-7H,4,8H2,1-3H3. The second-order valence-corrected chi connectivity index (χ2v) is 4.02. The topological polar surface area (TPSA) is 51.0 Å². The summed E-state index contributed by atoms with van der Waals surface area (Å²) >= 11 is 0.205. The molecule has 0 radical (unpaired) electrons. The van der Waals surface area contributed by atoms with Crippen LogP contribution in [-0.4, -0.2) is 9.92 Å². The average Bonchev–Trinajstić information content (AvgIpc) is 2.32. The van der Waals surface area contributed by atoms with Gasteiger partial charge in [0.15, 0.2) is 0 Å². The van der Waals surface area contributed by atoms with E-state index in [1.165, 1.54) is 0 Å². The first-order valence-electron chi connectivity index (χ1n) is 5.43. The molecule has 0 aliphatic rings. The van der Waals surface area contributed by atoms with Crippen LogP contribution in [0.4, 0.5) is 5.69 Å². The molecule has 4 nitrogen and oxygen atoms in total. The zero-order valence-electron chi connectivity index (χ0n) is 10.3. The summed E-state index contributed by atoms with van der Waals surface area (Å²) in [5, 5.41) is 3.97. The molecule has 0 bridgehead atoms. The molecule has 5 heteroatoms. The molecular weight excluding hydrogens is 236 g/mol. The first-order valence-corrected chi connectivity index (χ1v) is 6.12. The highest BCUT2D eigenvalue weighted by molar-refractivity contribution is 7.54. The monoisotopic (exact) mass is 252 g/mol. The molecule has 0 saturated carbocycles. The molecule has 0 spiro atoms. The van der Waals surface area contributed by atoms with Crippen molar-refractivity contribution in [3.05, 3.63) is 29.3 Å². The van der Waals surface area contributed by atoms with Gasteiger partial charge < -0.3 is 4.84 Å². The number of oxime groups is 1. The van der Waals surface area contributed by atoms with Crippen LogP contribution in [0.3, 0.4) is 0 Å². The summed E-state index contributed by atoms with van der Waals surface area (Å²) in [6.07, 6.45) is 0.863. The van der Waals surface area contributed by atoms with Gasteiger partial charge in [0.2, 0.25) is 11.5 Å². The predicted molar refractivity (Wildman–Crippen MR) is 69.6 cm³/mol. The molecule has 0 atom stereocenters. The first kappa shape index (κ1) is 13.6. The molecule has 0 fully saturated rings. The molecule has 0 aromatic heterocycles. The Hall–Kier alpha value is -1.49. The lowest BCUT2D eigenvalue weighted by atomic mass is 10.1. The molecule has 0 unspecified atom stereocenters. The fourth-order valence-electron chi connectivity index (χ4n) is 1.27. The number of nitrogens with zero attached hydrogens (tertiary/aromatic N) is 2. The van der Waals surface area contributed by atoms with Crippen molar-refractivity contribution in [1.82, 2.24) is 0 Å². The zero-order valence-corrected chi connectivity index (χ0v) is 11.1. The van der Waals surface area contributed by atoms with Gasteiger partial charge in [-0.15, -0.1) is 0 Å². The van der Waals surface area contributed by atoms with Crippen LogP contribution in [0.25, 0.3) is 0 Å². The third-order valence-electron chi connectivity index (χ3n) is 2.46. The Bertz CT molecular complexity index is 466. The van der Waals surface area contributed by atoms with E-state index < -0.39 is 0 Å². The Morgan fingerprint density at radius 3 is 2.88 bits per heavy atom. The van der Waals surface area contributed by atoms with E-state index in [2.05, 4.69) is 9.52 Å². The van der Waals surface area contributed by atoms with E-state index in [1.807, 2.05) is 32.9 Å². The second-order valence-electron chi connectivity index (χ2n) is 3.69. The van der Waals surface area contributed by atoms with Crippen molar-refractivity contribution in [1.29, 1.82) is 0 Å². The molecule has 1 rings (SSSR count). The minimum absolute atomic E-state index is 0.205. The second kappa shape index (κ2) is 6.96. The van der Waals surface area contributed by atoms with Crippen LogP contribution in [0.1, 0.15) is 31.4 Å². The number of rotatable bonds is 5. The van der Waals surface area contributed by atoms with E-state index in [1.54, 1.807) is 6.07 Å². The van der Waals surface area contributed by atoms with E-state index in [-0.39, 0.29) is 11.5 Å². The number of aryl methyl sites for hydroxylation is 1. The summed E-state index contributed by atoms with van der Waals surface area (Å²) in [6, 6.07) is 5.63. The third-order valence-corrected chi connectivity index (χ3v) is 2.73. The van der Waals surface area contributed by atoms with Crippen molar-refractivity contribution in [2.45, 2.75) is 33.8 Å². The van der Waals surface area contributed by atoms with Crippen LogP contribution < -0.4 is 0 Å². The fourth-order valence-corrected chi connectivity index (χ4v) is 1.52. The van der Waals surface area contributed by atoms with Crippen molar-refractivity contribution >= 4 is 22.9 Å². The minimum atomic E-state index is 0.205. The van der Waals surface area contributed by atoms with Gasteiger partial charge in [-0.3, -0.25) is 0 Å². The van der Waals surface area contributed by atoms with Gasteiger partial charge in [-0.2, -0.15) is 8.57 Å². The summed E-state index contributed by atoms with van der Waals surface area (Å²) in [6.45, 7) is 6.23. The van der Waals surface area contributed by atoms with E-state index in [9.17, 15) is 4.21 Å². The van der Waals surface area contributed by atoms with Crippen molar-refractivity contribution in [2.75, 3.05) is 0 Å². The lowest BCUT2D eigenvalue weighted by Gasteiger charge is -2.07. The summed E-state index contributed by atoms with van der Waals surface area (Å²) < 4.78 is 14.3. The van der Waals surface area contributed by atoms with Crippen LogP contribution in [0.5, 0.6) is 0 Å². The van der Waals surface area contributed by atoms with E-state index in [4.69, 9.17) is 4.84 Å². The van der Waals surface area contributed by atoms with Gasteiger partial charge in [0.1, 0.15) is 6.61 Å². The highest BCUT2D eigenvalue weighted by Gasteiger charge is 2.05. The maximum Gasteiger partial charge on any atom is 0.205 e. The maximum atomic E-state index is 10.5. The van der Waals surface area contributed by atoms with Crippen molar-refractivity contribution < 1.29 is 9.05 Å². The number of benzene rings is 1. The Morgan fingerprint density at radius 2 is 2.24 bits per heavy atom. The first-order chi connectivity index (χ1) is 8.19. The lowest BCUT2D eigenvalue weighted by molar-refractivity contribution is 0.130. The van der Waals surface area contributed by atoms with E-state index >= 15 is 0 Å². The largest absolute Gasteiger partial charge is 0.391 e. The minimum Gasteiger partial charge on any atom is -0.391 e. The Morgan fingerprint density at radius 1 is 1.47 bits per heavy atom.